The van der Waals surface area contributed by atoms with E-state index in [1.165, 1.54) is 30.3 Å². The van der Waals surface area contributed by atoms with Gasteiger partial charge in [-0.3, -0.25) is 24.3 Å². The Bertz CT molecular complexity index is 2190. The van der Waals surface area contributed by atoms with Gasteiger partial charge < -0.3 is 10.2 Å². The second kappa shape index (κ2) is 14.6. The van der Waals surface area contributed by atoms with Crippen LogP contribution >= 0.6 is 0 Å². The average molecular weight is 688 g/mol. The van der Waals surface area contributed by atoms with Gasteiger partial charge in [0.25, 0.3) is 11.8 Å². The summed E-state index contributed by atoms with van der Waals surface area (Å²) < 4.78 is 39.3. The summed E-state index contributed by atoms with van der Waals surface area (Å²) in [4.78, 5) is 52.7. The van der Waals surface area contributed by atoms with E-state index >= 15 is 0 Å². The molecule has 2 heterocycles. The monoisotopic (exact) mass is 687 g/mol. The lowest BCUT2D eigenvalue weighted by molar-refractivity contribution is -0.137. The van der Waals surface area contributed by atoms with Crippen molar-refractivity contribution in [1.29, 1.82) is 0 Å². The van der Waals surface area contributed by atoms with Crippen LogP contribution in [0.25, 0.3) is 22.2 Å². The van der Waals surface area contributed by atoms with Crippen molar-refractivity contribution in [2.45, 2.75) is 18.8 Å². The number of amides is 3. The van der Waals surface area contributed by atoms with Crippen molar-refractivity contribution in [3.63, 3.8) is 0 Å². The Morgan fingerprint density at radius 1 is 0.784 bits per heavy atom. The maximum Gasteiger partial charge on any atom is 0.416 e. The summed E-state index contributed by atoms with van der Waals surface area (Å²) in [5, 5.41) is 3.54. The Morgan fingerprint density at radius 3 is 2.16 bits per heavy atom. The third-order valence-corrected chi connectivity index (χ3v) is 8.40. The first-order chi connectivity index (χ1) is 24.5. The zero-order valence-electron chi connectivity index (χ0n) is 27.6. The summed E-state index contributed by atoms with van der Waals surface area (Å²) in [5.41, 5.74) is 2.41. The van der Waals surface area contributed by atoms with Crippen LogP contribution in [-0.4, -0.2) is 46.7 Å². The minimum Gasteiger partial charge on any atom is -0.339 e. The molecule has 0 aliphatic rings. The summed E-state index contributed by atoms with van der Waals surface area (Å²) in [6.45, 7) is 0.372. The number of alkyl halides is 3. The van der Waals surface area contributed by atoms with E-state index in [2.05, 4.69) is 15.3 Å². The third kappa shape index (κ3) is 7.78. The first-order valence-corrected chi connectivity index (χ1v) is 16.0. The summed E-state index contributed by atoms with van der Waals surface area (Å²) >= 11 is 0. The molecule has 2 aromatic heterocycles. The molecular formula is C40H32F3N5O3. The molecule has 0 aliphatic carbocycles. The van der Waals surface area contributed by atoms with Gasteiger partial charge in [-0.2, -0.15) is 13.2 Å². The number of rotatable bonds is 9. The van der Waals surface area contributed by atoms with E-state index in [0.717, 1.165) is 17.7 Å². The van der Waals surface area contributed by atoms with Crippen LogP contribution in [0, 0.1) is 0 Å². The number of hydrogen-bond acceptors (Lipinski definition) is 5. The number of carbonyl (C=O) groups excluding carboxylic acids is 3. The van der Waals surface area contributed by atoms with Crippen LogP contribution in [0.4, 0.5) is 19.0 Å². The van der Waals surface area contributed by atoms with Crippen molar-refractivity contribution in [2.24, 2.45) is 0 Å². The number of benzene rings is 4. The first-order valence-electron chi connectivity index (χ1n) is 16.0. The Labute approximate surface area is 292 Å². The molecule has 0 spiro atoms. The molecule has 0 saturated heterocycles. The molecule has 6 aromatic rings. The van der Waals surface area contributed by atoms with Gasteiger partial charge in [-0.15, -0.1) is 0 Å². The number of likely N-dealkylation sites (N-methyl/N-ethyl adjacent to an activating group) is 1. The van der Waals surface area contributed by atoms with E-state index in [-0.39, 0.29) is 17.2 Å². The van der Waals surface area contributed by atoms with Crippen LogP contribution in [0.15, 0.2) is 134 Å². The molecule has 11 heteroatoms. The molecule has 0 saturated carbocycles. The molecule has 8 nitrogen and oxygen atoms in total. The molecule has 1 atom stereocenters. The second-order valence-corrected chi connectivity index (χ2v) is 11.9. The highest BCUT2D eigenvalue weighted by atomic mass is 19.4. The topological polar surface area (TPSA) is 95.5 Å². The molecule has 1 N–H and O–H groups in total. The predicted molar refractivity (Wildman–Crippen MR) is 189 cm³/mol. The van der Waals surface area contributed by atoms with Gasteiger partial charge in [0.05, 0.1) is 22.3 Å². The van der Waals surface area contributed by atoms with E-state index in [4.69, 9.17) is 0 Å². The van der Waals surface area contributed by atoms with Gasteiger partial charge in [0.2, 0.25) is 5.91 Å². The van der Waals surface area contributed by atoms with Crippen molar-refractivity contribution < 1.29 is 27.6 Å². The summed E-state index contributed by atoms with van der Waals surface area (Å²) in [5.74, 6) is -0.873. The average Bonchev–Trinajstić information content (AvgIpc) is 3.16. The highest BCUT2D eigenvalue weighted by Crippen LogP contribution is 2.32. The minimum absolute atomic E-state index is 0.186. The number of carbonyl (C=O) groups is 3. The quantitative estimate of drug-likeness (QED) is 0.168. The molecular weight excluding hydrogens is 655 g/mol. The van der Waals surface area contributed by atoms with Crippen molar-refractivity contribution >= 4 is 34.4 Å². The number of fused-ring (bicyclic) bond motifs is 1. The van der Waals surface area contributed by atoms with Gasteiger partial charge in [-0.05, 0) is 65.7 Å². The van der Waals surface area contributed by atoms with Crippen molar-refractivity contribution in [2.75, 3.05) is 19.0 Å². The second-order valence-electron chi connectivity index (χ2n) is 11.9. The van der Waals surface area contributed by atoms with E-state index < -0.39 is 29.6 Å². The van der Waals surface area contributed by atoms with Crippen molar-refractivity contribution in [1.82, 2.24) is 20.2 Å². The van der Waals surface area contributed by atoms with Gasteiger partial charge in [0, 0.05) is 43.4 Å². The van der Waals surface area contributed by atoms with Gasteiger partial charge in [0.15, 0.2) is 0 Å². The van der Waals surface area contributed by atoms with Gasteiger partial charge >= 0.3 is 6.18 Å². The van der Waals surface area contributed by atoms with E-state index in [1.54, 1.807) is 66.5 Å². The molecule has 0 fully saturated rings. The highest BCUT2D eigenvalue weighted by molar-refractivity contribution is 6.09. The van der Waals surface area contributed by atoms with E-state index in [1.807, 2.05) is 48.5 Å². The Kier molecular flexibility index (Phi) is 9.90. The zero-order valence-corrected chi connectivity index (χ0v) is 27.6. The standard InChI is InChI=1S/C40H32F3N5O3/c1-47(25-26-10-5-3-6-11-26)39(51)36(27-12-7-4-8-13-27)46-37(49)30-17-21-33-29(24-30)18-22-34(45-33)48(2)38(50)32-14-9-23-44-35(32)28-15-19-31(20-16-28)40(41,42)43/h3-24,36H,25H2,1-2H3,(H,46,49)/t36-/m0/s1. The van der Waals surface area contributed by atoms with Crippen molar-refractivity contribution in [3.8, 4) is 11.3 Å². The third-order valence-electron chi connectivity index (χ3n) is 8.40. The number of anilines is 1. The van der Waals surface area contributed by atoms with Crippen LogP contribution < -0.4 is 10.2 Å². The van der Waals surface area contributed by atoms with Crippen LogP contribution in [0.1, 0.15) is 43.4 Å². The van der Waals surface area contributed by atoms with Crippen LogP contribution in [-0.2, 0) is 17.5 Å². The fourth-order valence-corrected chi connectivity index (χ4v) is 5.66. The van der Waals surface area contributed by atoms with Crippen molar-refractivity contribution in [3.05, 3.63) is 161 Å². The normalized spacial score (nSPS) is 11.9. The number of halogens is 3. The lowest BCUT2D eigenvalue weighted by Crippen LogP contribution is -2.41. The predicted octanol–water partition coefficient (Wildman–Crippen LogP) is 7.72. The number of hydrogen-bond donors (Lipinski definition) is 1. The summed E-state index contributed by atoms with van der Waals surface area (Å²) in [6.07, 6.45) is -3.02. The molecule has 51 heavy (non-hydrogen) atoms. The van der Waals surface area contributed by atoms with E-state index in [0.29, 0.717) is 40.0 Å². The van der Waals surface area contributed by atoms with Crippen LogP contribution in [0.3, 0.4) is 0 Å². The smallest absolute Gasteiger partial charge is 0.339 e. The molecule has 0 aliphatic heterocycles. The Hall–Kier alpha value is -6.36. The minimum atomic E-state index is -4.49. The lowest BCUT2D eigenvalue weighted by atomic mass is 10.0. The summed E-state index contributed by atoms with van der Waals surface area (Å²) in [7, 11) is 3.24. The number of aromatic nitrogens is 2. The molecule has 256 valence electrons. The Morgan fingerprint density at radius 2 is 1.47 bits per heavy atom. The molecule has 0 radical (unpaired) electrons. The number of nitrogens with one attached hydrogen (secondary N) is 1. The Balaban J connectivity index is 1.21. The van der Waals surface area contributed by atoms with E-state index in [9.17, 15) is 27.6 Å². The highest BCUT2D eigenvalue weighted by Gasteiger charge is 2.30. The van der Waals surface area contributed by atoms with Gasteiger partial charge in [-0.1, -0.05) is 72.8 Å². The van der Waals surface area contributed by atoms with Gasteiger partial charge in [-0.25, -0.2) is 4.98 Å². The number of pyridine rings is 2. The van der Waals surface area contributed by atoms with Crippen LogP contribution in [0.2, 0.25) is 0 Å². The van der Waals surface area contributed by atoms with Crippen LogP contribution in [0.5, 0.6) is 0 Å². The lowest BCUT2D eigenvalue weighted by Gasteiger charge is -2.25. The fourth-order valence-electron chi connectivity index (χ4n) is 5.66. The molecule has 3 amide bonds. The van der Waals surface area contributed by atoms with Gasteiger partial charge in [0.1, 0.15) is 11.9 Å². The largest absolute Gasteiger partial charge is 0.416 e. The zero-order chi connectivity index (χ0) is 36.1. The fraction of sp³-hybridized carbons (Fsp3) is 0.125. The maximum absolute atomic E-state index is 13.7. The summed E-state index contributed by atoms with van der Waals surface area (Å²) in [6, 6.07) is 33.6. The maximum atomic E-state index is 13.7. The molecule has 0 unspecified atom stereocenters. The molecule has 6 rings (SSSR count). The molecule has 0 bridgehead atoms. The first kappa shape index (κ1) is 34.5. The number of nitrogens with zero attached hydrogens (tertiary/aromatic N) is 4. The molecule has 4 aromatic carbocycles. The SMILES string of the molecule is CN(Cc1ccccc1)C(=O)[C@@H](NC(=O)c1ccc2nc(N(C)C(=O)c3cccnc3-c3ccc(C(F)(F)F)cc3)ccc2c1)c1ccccc1.